The van der Waals surface area contributed by atoms with Crippen molar-refractivity contribution in [3.63, 3.8) is 0 Å². The van der Waals surface area contributed by atoms with E-state index >= 15 is 0 Å². The summed E-state index contributed by atoms with van der Waals surface area (Å²) in [5.41, 5.74) is 4.78. The number of hydrogen-bond acceptors (Lipinski definition) is 2. The lowest BCUT2D eigenvalue weighted by molar-refractivity contribution is 0.306. The summed E-state index contributed by atoms with van der Waals surface area (Å²) in [5, 5.41) is 7.75. The number of hydrogen-bond donors (Lipinski definition) is 2. The number of nitrogens with two attached hydrogens (primary N) is 1. The molecule has 0 aromatic heterocycles. The summed E-state index contributed by atoms with van der Waals surface area (Å²) in [4.78, 5) is 0. The fraction of sp³-hybridized carbons (Fsp3) is 1.00. The van der Waals surface area contributed by atoms with Crippen LogP contribution < -0.4 is 5.73 Å². The molecule has 0 atom stereocenters. The Morgan fingerprint density at radius 3 is 2.25 bits per heavy atom. The average molecular weight is 62.1 g/mol. The molecule has 0 aliphatic rings. The standard InChI is InChI=1S/C2H7NO/c3-1-2-4/h4H,1-3H2/p+1. The van der Waals surface area contributed by atoms with Gasteiger partial charge in [0.2, 0.25) is 0 Å². The minimum atomic E-state index is 0. The smallest absolute Gasteiger partial charge is 0.395 e. The molecular weight excluding hydrogens is 54.0 g/mol. The zero-order valence-corrected chi connectivity index (χ0v) is 2.44. The van der Waals surface area contributed by atoms with E-state index in [1.807, 2.05) is 0 Å². The molecular formula is C2H8NO+. The average Bonchev–Trinajstić information content (AvgIpc) is 1.37. The van der Waals surface area contributed by atoms with Crippen LogP contribution in [-0.4, -0.2) is 18.3 Å². The molecule has 26 valence electrons. The van der Waals surface area contributed by atoms with Crippen molar-refractivity contribution in [3.05, 3.63) is 0 Å². The topological polar surface area (TPSA) is 46.2 Å². The summed E-state index contributed by atoms with van der Waals surface area (Å²) in [5.74, 6) is 0. The maximum atomic E-state index is 7.75. The third-order valence-electron chi connectivity index (χ3n) is 0.129. The lowest BCUT2D eigenvalue weighted by Crippen LogP contribution is -2.02. The van der Waals surface area contributed by atoms with Crippen molar-refractivity contribution in [2.24, 2.45) is 5.73 Å². The zero-order valence-electron chi connectivity index (χ0n) is 3.44. The van der Waals surface area contributed by atoms with E-state index in [0.29, 0.717) is 6.54 Å². The highest BCUT2D eigenvalue weighted by Gasteiger charge is 1.56. The summed E-state index contributed by atoms with van der Waals surface area (Å²) in [7, 11) is 0. The van der Waals surface area contributed by atoms with Gasteiger partial charge >= 0.3 is 1.43 Å². The lowest BCUT2D eigenvalue weighted by Gasteiger charge is -1.71. The molecule has 0 aliphatic heterocycles. The van der Waals surface area contributed by atoms with Crippen LogP contribution in [0.5, 0.6) is 0 Å². The highest BCUT2D eigenvalue weighted by molar-refractivity contribution is 4.17. The fourth-order valence-corrected chi connectivity index (χ4v) is 0. The molecule has 0 saturated carbocycles. The first-order valence-electron chi connectivity index (χ1n) is 1.22. The van der Waals surface area contributed by atoms with E-state index in [1.165, 1.54) is 0 Å². The van der Waals surface area contributed by atoms with Crippen LogP contribution in [0.15, 0.2) is 0 Å². The van der Waals surface area contributed by atoms with Crippen molar-refractivity contribution in [2.75, 3.05) is 13.2 Å². The van der Waals surface area contributed by atoms with Crippen molar-refractivity contribution < 1.29 is 6.53 Å². The Morgan fingerprint density at radius 1 is 2.00 bits per heavy atom. The summed E-state index contributed by atoms with van der Waals surface area (Å²) >= 11 is 0. The minimum absolute atomic E-state index is 0. The van der Waals surface area contributed by atoms with E-state index in [9.17, 15) is 0 Å². The van der Waals surface area contributed by atoms with Crippen LogP contribution in [0.25, 0.3) is 0 Å². The minimum Gasteiger partial charge on any atom is -0.395 e. The van der Waals surface area contributed by atoms with Gasteiger partial charge in [-0.05, 0) is 0 Å². The second kappa shape index (κ2) is 2.92. The van der Waals surface area contributed by atoms with Gasteiger partial charge < -0.3 is 10.8 Å². The molecule has 3 N–H and O–H groups in total. The van der Waals surface area contributed by atoms with E-state index in [2.05, 4.69) is 0 Å². The molecule has 0 rings (SSSR count). The maximum absolute atomic E-state index is 7.75. The van der Waals surface area contributed by atoms with Gasteiger partial charge in [-0.15, -0.1) is 0 Å². The second-order valence-corrected chi connectivity index (χ2v) is 0.512. The Balaban J connectivity index is 0. The summed E-state index contributed by atoms with van der Waals surface area (Å²) < 4.78 is 0. The van der Waals surface area contributed by atoms with Gasteiger partial charge in [-0.3, -0.25) is 0 Å². The Bertz CT molecular complexity index is 11.6. The maximum Gasteiger partial charge on any atom is 1.00 e. The van der Waals surface area contributed by atoms with Gasteiger partial charge in [0.1, 0.15) is 0 Å². The summed E-state index contributed by atoms with van der Waals surface area (Å²) in [6, 6.07) is 0. The zero-order chi connectivity index (χ0) is 3.41. The Hall–Kier alpha value is -0.0800. The van der Waals surface area contributed by atoms with Crippen LogP contribution in [0.1, 0.15) is 1.43 Å². The number of aliphatic hydroxyl groups is 1. The van der Waals surface area contributed by atoms with Crippen molar-refractivity contribution in [1.82, 2.24) is 0 Å². The van der Waals surface area contributed by atoms with Gasteiger partial charge in [0.15, 0.2) is 0 Å². The quantitative estimate of drug-likeness (QED) is 0.411. The van der Waals surface area contributed by atoms with E-state index in [0.717, 1.165) is 0 Å². The predicted octanol–water partition coefficient (Wildman–Crippen LogP) is -0.950. The first kappa shape index (κ1) is 3.92. The third-order valence-corrected chi connectivity index (χ3v) is 0.129. The summed E-state index contributed by atoms with van der Waals surface area (Å²) in [6.45, 7) is 0.472. The van der Waals surface area contributed by atoms with Crippen LogP contribution in [0.4, 0.5) is 0 Å². The van der Waals surface area contributed by atoms with Crippen LogP contribution in [-0.2, 0) is 0 Å². The Morgan fingerprint density at radius 2 is 2.25 bits per heavy atom. The molecule has 0 aromatic carbocycles. The van der Waals surface area contributed by atoms with Crippen molar-refractivity contribution >= 4 is 0 Å². The van der Waals surface area contributed by atoms with E-state index in [-0.39, 0.29) is 8.03 Å². The second-order valence-electron chi connectivity index (χ2n) is 0.512. The van der Waals surface area contributed by atoms with Gasteiger partial charge in [0, 0.05) is 6.54 Å². The molecule has 0 aromatic rings. The van der Waals surface area contributed by atoms with Crippen LogP contribution >= 0.6 is 0 Å². The number of rotatable bonds is 1. The molecule has 2 heteroatoms. The normalized spacial score (nSPS) is 7.50. The molecule has 0 radical (unpaired) electrons. The summed E-state index contributed by atoms with van der Waals surface area (Å²) in [6.07, 6.45) is 0. The SMILES string of the molecule is NCCO.[H+]. The van der Waals surface area contributed by atoms with Crippen LogP contribution in [0, 0.1) is 0 Å². The molecule has 0 amide bonds. The van der Waals surface area contributed by atoms with Crippen molar-refractivity contribution in [2.45, 2.75) is 0 Å². The third kappa shape index (κ3) is 1.92. The predicted molar refractivity (Wildman–Crippen MR) is 17.3 cm³/mol. The van der Waals surface area contributed by atoms with Crippen LogP contribution in [0.3, 0.4) is 0 Å². The van der Waals surface area contributed by atoms with E-state index < -0.39 is 0 Å². The first-order chi connectivity index (χ1) is 1.91. The van der Waals surface area contributed by atoms with Gasteiger partial charge in [0.25, 0.3) is 0 Å². The molecule has 0 unspecified atom stereocenters. The largest absolute Gasteiger partial charge is 1.00 e. The molecule has 0 aliphatic carbocycles. The van der Waals surface area contributed by atoms with E-state index in [1.54, 1.807) is 0 Å². The first-order valence-corrected chi connectivity index (χ1v) is 1.22. The molecule has 4 heavy (non-hydrogen) atoms. The molecule has 0 bridgehead atoms. The van der Waals surface area contributed by atoms with Crippen molar-refractivity contribution in [1.29, 1.82) is 0 Å². The number of aliphatic hydroxyl groups excluding tert-OH is 1. The van der Waals surface area contributed by atoms with Crippen molar-refractivity contribution in [3.8, 4) is 0 Å². The molecule has 2 nitrogen and oxygen atoms in total. The molecule has 0 heterocycles. The highest BCUT2D eigenvalue weighted by atomic mass is 16.3. The van der Waals surface area contributed by atoms with Gasteiger partial charge in [-0.1, -0.05) is 0 Å². The highest BCUT2D eigenvalue weighted by Crippen LogP contribution is 1.33. The lowest BCUT2D eigenvalue weighted by atomic mass is 10.8. The van der Waals surface area contributed by atoms with Gasteiger partial charge in [-0.2, -0.15) is 0 Å². The molecule has 0 spiro atoms. The van der Waals surface area contributed by atoms with E-state index in [4.69, 9.17) is 10.8 Å². The van der Waals surface area contributed by atoms with Gasteiger partial charge in [-0.25, -0.2) is 0 Å². The monoisotopic (exact) mass is 62.1 g/mol. The Labute approximate surface area is 26.7 Å². The molecule has 0 saturated heterocycles. The Kier molecular flexibility index (Phi) is 2.86. The fourth-order valence-electron chi connectivity index (χ4n) is 0. The van der Waals surface area contributed by atoms with Gasteiger partial charge in [0.05, 0.1) is 6.61 Å². The molecule has 0 fully saturated rings. The van der Waals surface area contributed by atoms with Crippen LogP contribution in [0.2, 0.25) is 0 Å².